The van der Waals surface area contributed by atoms with Gasteiger partial charge in [-0.2, -0.15) is 0 Å². The van der Waals surface area contributed by atoms with Crippen LogP contribution >= 0.6 is 0 Å². The van der Waals surface area contributed by atoms with Crippen LogP contribution in [0.25, 0.3) is 10.4 Å². The van der Waals surface area contributed by atoms with Crippen molar-refractivity contribution in [3.63, 3.8) is 0 Å². The van der Waals surface area contributed by atoms with E-state index in [0.29, 0.717) is 18.5 Å². The van der Waals surface area contributed by atoms with Gasteiger partial charge in [0, 0.05) is 56.1 Å². The van der Waals surface area contributed by atoms with Crippen LogP contribution in [0, 0.1) is 12.0 Å². The topological polar surface area (TPSA) is 115 Å². The summed E-state index contributed by atoms with van der Waals surface area (Å²) in [6.07, 6.45) is 7.47. The van der Waals surface area contributed by atoms with Gasteiger partial charge in [-0.05, 0) is 81.7 Å². The molecule has 3 N–H and O–H groups in total. The highest BCUT2D eigenvalue weighted by Crippen LogP contribution is 2.44. The van der Waals surface area contributed by atoms with Crippen molar-refractivity contribution in [2.75, 3.05) is 51.6 Å². The Morgan fingerprint density at radius 3 is 2.48 bits per heavy atom. The molecule has 2 aromatic rings. The van der Waals surface area contributed by atoms with E-state index in [4.69, 9.17) is 6.57 Å². The highest BCUT2D eigenvalue weighted by Gasteiger charge is 2.47. The first-order valence-corrected chi connectivity index (χ1v) is 17.4. The van der Waals surface area contributed by atoms with E-state index in [-0.39, 0.29) is 17.1 Å². The van der Waals surface area contributed by atoms with Gasteiger partial charge in [-0.25, -0.2) is 13.4 Å². The summed E-state index contributed by atoms with van der Waals surface area (Å²) >= 11 is 0. The Kier molecular flexibility index (Phi) is 9.38. The molecule has 0 saturated carbocycles. The molecule has 2 atom stereocenters. The second-order valence-electron chi connectivity index (χ2n) is 13.8. The number of rotatable bonds is 8. The molecule has 1 aromatic carbocycles. The molecular formula is C33H47N7O3S. The van der Waals surface area contributed by atoms with Crippen LogP contribution in [0.15, 0.2) is 30.5 Å². The monoisotopic (exact) mass is 621 g/mol. The fraction of sp³-hybridized carbons (Fsp3) is 0.606. The molecule has 10 nitrogen and oxygen atoms in total. The number of aromatic amines is 1. The molecule has 5 rings (SSSR count). The smallest absolute Gasteiger partial charge is 0.314 e. The molecule has 0 spiro atoms. The zero-order valence-electron chi connectivity index (χ0n) is 26.7. The Morgan fingerprint density at radius 2 is 1.86 bits per heavy atom. The van der Waals surface area contributed by atoms with Gasteiger partial charge in [0.05, 0.1) is 16.7 Å². The van der Waals surface area contributed by atoms with E-state index in [2.05, 4.69) is 68.3 Å². The normalized spacial score (nSPS) is 27.3. The number of amides is 1. The molecule has 0 bridgehead atoms. The molecule has 1 amide bonds. The van der Waals surface area contributed by atoms with Gasteiger partial charge >= 0.3 is 5.91 Å². The second kappa shape index (κ2) is 12.8. The number of carbonyl (C=O) groups excluding carboxylic acids is 1. The lowest BCUT2D eigenvalue weighted by Crippen LogP contribution is -2.55. The summed E-state index contributed by atoms with van der Waals surface area (Å²) < 4.78 is 26.3. The molecule has 44 heavy (non-hydrogen) atoms. The molecule has 2 unspecified atom stereocenters. The minimum absolute atomic E-state index is 0.0898. The van der Waals surface area contributed by atoms with Gasteiger partial charge in [0.25, 0.3) is 5.82 Å². The molecular weight excluding hydrogens is 574 g/mol. The largest absolute Gasteiger partial charge is 0.363 e. The van der Waals surface area contributed by atoms with Crippen molar-refractivity contribution < 1.29 is 13.2 Å². The number of nitrogens with zero attached hydrogens (tertiary/aromatic N) is 4. The van der Waals surface area contributed by atoms with Gasteiger partial charge in [0.15, 0.2) is 9.84 Å². The molecule has 11 heteroatoms. The van der Waals surface area contributed by atoms with Crippen LogP contribution in [-0.2, 0) is 15.4 Å². The number of anilines is 1. The third-order valence-electron chi connectivity index (χ3n) is 9.92. The van der Waals surface area contributed by atoms with Gasteiger partial charge in [0.1, 0.15) is 0 Å². The SMILES string of the molecule is [C-]#[N+]c1cnc(C(=O)Nc2ccc(C3(NCCN4CCN(C)CC4)CC(C)S(=O)(=O)C(C)C3)cc2C2=CCC(C)(C)CC2)[nH]1. The number of carbonyl (C=O) groups is 1. The summed E-state index contributed by atoms with van der Waals surface area (Å²) in [6.45, 7) is 21.2. The number of sulfone groups is 1. The highest BCUT2D eigenvalue weighted by molar-refractivity contribution is 7.92. The molecule has 2 saturated heterocycles. The molecule has 0 radical (unpaired) electrons. The van der Waals surface area contributed by atoms with Gasteiger partial charge < -0.3 is 20.4 Å². The van der Waals surface area contributed by atoms with Crippen molar-refractivity contribution in [3.8, 4) is 0 Å². The van der Waals surface area contributed by atoms with Crippen LogP contribution in [0.4, 0.5) is 11.5 Å². The van der Waals surface area contributed by atoms with Gasteiger partial charge in [0.2, 0.25) is 5.82 Å². The van der Waals surface area contributed by atoms with Gasteiger partial charge in [-0.15, -0.1) is 0 Å². The van der Waals surface area contributed by atoms with Crippen LogP contribution < -0.4 is 10.6 Å². The number of hydrogen-bond acceptors (Lipinski definition) is 7. The van der Waals surface area contributed by atoms with Crippen LogP contribution in [-0.4, -0.2) is 90.9 Å². The molecule has 3 heterocycles. The van der Waals surface area contributed by atoms with Crippen LogP contribution in [0.2, 0.25) is 0 Å². The lowest BCUT2D eigenvalue weighted by atomic mass is 9.75. The summed E-state index contributed by atoms with van der Waals surface area (Å²) in [5, 5.41) is 5.97. The number of nitrogens with one attached hydrogen (secondary N) is 3. The number of likely N-dealkylation sites (N-methyl/N-ethyl adjacent to an activating group) is 1. The zero-order valence-corrected chi connectivity index (χ0v) is 27.6. The Hall–Kier alpha value is -3.04. The zero-order chi connectivity index (χ0) is 31.7. The number of piperazine rings is 1. The molecule has 1 aromatic heterocycles. The lowest BCUT2D eigenvalue weighted by molar-refractivity contribution is 0.101. The minimum atomic E-state index is -3.23. The van der Waals surface area contributed by atoms with Crippen molar-refractivity contribution in [3.05, 3.63) is 58.8 Å². The van der Waals surface area contributed by atoms with Gasteiger partial charge in [-0.3, -0.25) is 14.7 Å². The number of aromatic nitrogens is 2. The number of allylic oxidation sites excluding steroid dienone is 2. The van der Waals surface area contributed by atoms with Crippen LogP contribution in [0.3, 0.4) is 0 Å². The van der Waals surface area contributed by atoms with Crippen molar-refractivity contribution in [2.45, 2.75) is 75.8 Å². The van der Waals surface area contributed by atoms with E-state index in [1.54, 1.807) is 0 Å². The van der Waals surface area contributed by atoms with Gasteiger partial charge in [-0.1, -0.05) is 32.6 Å². The molecule has 2 fully saturated rings. The maximum Gasteiger partial charge on any atom is 0.314 e. The number of H-pyrrole nitrogens is 1. The summed E-state index contributed by atoms with van der Waals surface area (Å²) in [6, 6.07) is 6.16. The number of hydrogen-bond donors (Lipinski definition) is 3. The highest BCUT2D eigenvalue weighted by atomic mass is 32.2. The first-order valence-electron chi connectivity index (χ1n) is 15.8. The standard InChI is InChI=1S/C33H47N7O3S/c1-23-20-33(21-24(2)44(23,42)43,36-13-14-40-17-15-39(6)16-18-40)26-7-8-28(37-31(41)30-35-22-29(34-5)38-30)27(19-26)25-9-11-32(3,4)12-10-25/h7-9,19,22-24,36H,10-18,20-21H2,1-4,6H3,(H,35,38)(H,37,41). The van der Waals surface area contributed by atoms with E-state index in [1.165, 1.54) is 11.8 Å². The fourth-order valence-corrected chi connectivity index (χ4v) is 8.73. The van der Waals surface area contributed by atoms with E-state index in [1.807, 2.05) is 26.0 Å². The van der Waals surface area contributed by atoms with E-state index in [0.717, 1.165) is 69.7 Å². The van der Waals surface area contributed by atoms with E-state index >= 15 is 0 Å². The van der Waals surface area contributed by atoms with E-state index in [9.17, 15) is 13.2 Å². The molecule has 3 aliphatic rings. The first kappa shape index (κ1) is 32.4. The molecule has 238 valence electrons. The summed E-state index contributed by atoms with van der Waals surface area (Å²) in [5.41, 5.74) is 3.56. The maximum atomic E-state index is 13.2. The number of imidazole rings is 1. The predicted octanol–water partition coefficient (Wildman–Crippen LogP) is 4.82. The third-order valence-corrected chi connectivity index (χ3v) is 12.5. The van der Waals surface area contributed by atoms with Crippen molar-refractivity contribution in [1.29, 1.82) is 0 Å². The molecule has 2 aliphatic heterocycles. The lowest BCUT2D eigenvalue weighted by Gasteiger charge is -2.45. The molecule has 1 aliphatic carbocycles. The van der Waals surface area contributed by atoms with Crippen molar-refractivity contribution >= 4 is 32.8 Å². The number of benzene rings is 1. The Bertz CT molecular complexity index is 1530. The quantitative estimate of drug-likeness (QED) is 0.362. The summed E-state index contributed by atoms with van der Waals surface area (Å²) in [5.74, 6) is -0.105. The maximum absolute atomic E-state index is 13.2. The summed E-state index contributed by atoms with van der Waals surface area (Å²) in [4.78, 5) is 28.2. The van der Waals surface area contributed by atoms with E-state index < -0.39 is 31.8 Å². The van der Waals surface area contributed by atoms with Crippen LogP contribution in [0.5, 0.6) is 0 Å². The van der Waals surface area contributed by atoms with Crippen LogP contribution in [0.1, 0.15) is 81.5 Å². The Balaban J connectivity index is 1.50. The Morgan fingerprint density at radius 1 is 1.16 bits per heavy atom. The Labute approximate surface area is 262 Å². The predicted molar refractivity (Wildman–Crippen MR) is 176 cm³/mol. The minimum Gasteiger partial charge on any atom is -0.363 e. The average molecular weight is 622 g/mol. The van der Waals surface area contributed by atoms with Crippen molar-refractivity contribution in [2.24, 2.45) is 5.41 Å². The first-order chi connectivity index (χ1) is 20.8. The fourth-order valence-electron chi connectivity index (χ4n) is 6.90. The van der Waals surface area contributed by atoms with Crippen molar-refractivity contribution in [1.82, 2.24) is 25.1 Å². The average Bonchev–Trinajstić information content (AvgIpc) is 3.47. The second-order valence-corrected chi connectivity index (χ2v) is 16.6. The third kappa shape index (κ3) is 6.94. The summed E-state index contributed by atoms with van der Waals surface area (Å²) in [7, 11) is -1.07.